The van der Waals surface area contributed by atoms with Crippen LogP contribution >= 0.6 is 11.3 Å². The number of aromatic nitrogens is 1. The van der Waals surface area contributed by atoms with E-state index in [0.717, 1.165) is 10.4 Å². The Hall–Kier alpha value is -2.43. The van der Waals surface area contributed by atoms with Gasteiger partial charge < -0.3 is 5.32 Å². The molecule has 1 saturated carbocycles. The second-order valence-electron chi connectivity index (χ2n) is 7.21. The van der Waals surface area contributed by atoms with Gasteiger partial charge >= 0.3 is 0 Å². The Morgan fingerprint density at radius 1 is 1.32 bits per heavy atom. The third kappa shape index (κ3) is 4.03. The van der Waals surface area contributed by atoms with Crippen molar-refractivity contribution in [1.29, 1.82) is 0 Å². The van der Waals surface area contributed by atoms with Crippen molar-refractivity contribution in [3.63, 3.8) is 0 Å². The molecule has 8 nitrogen and oxygen atoms in total. The van der Waals surface area contributed by atoms with Gasteiger partial charge in [-0.15, -0.1) is 11.3 Å². The van der Waals surface area contributed by atoms with E-state index in [9.17, 15) is 19.3 Å². The first-order chi connectivity index (χ1) is 13.5. The first-order valence-corrected chi connectivity index (χ1v) is 9.96. The quantitative estimate of drug-likeness (QED) is 0.519. The van der Waals surface area contributed by atoms with Gasteiger partial charge in [-0.05, 0) is 24.1 Å². The number of amides is 1. The minimum atomic E-state index is -0.597. The van der Waals surface area contributed by atoms with Gasteiger partial charge in [0.1, 0.15) is 11.9 Å². The second-order valence-corrected chi connectivity index (χ2v) is 8.33. The number of nitrogens with zero attached hydrogens (tertiary/aromatic N) is 2. The molecule has 1 aromatic carbocycles. The Kier molecular flexibility index (Phi) is 5.33. The Bertz CT molecular complexity index is 874. The number of benzene rings is 1. The van der Waals surface area contributed by atoms with Gasteiger partial charge in [0.05, 0.1) is 0 Å². The van der Waals surface area contributed by atoms with Crippen molar-refractivity contribution < 1.29 is 14.1 Å². The van der Waals surface area contributed by atoms with Crippen molar-refractivity contribution in [2.75, 3.05) is 5.32 Å². The number of rotatable bonds is 5. The summed E-state index contributed by atoms with van der Waals surface area (Å²) >= 11 is 1.36. The molecular weight excluding hydrogens is 385 g/mol. The lowest BCUT2D eigenvalue weighted by atomic mass is 9.79. The Labute approximate surface area is 164 Å². The molecule has 2 fully saturated rings. The standard InChI is InChI=1S/C18H20FN5O3S/c19-11-3-1-10(2-4-11)7-13-9-20-18(28-13)21-17(25)16-14-8-12(24(26)27)5-6-15(14)22-23-16/h1-4,9,12,14-16,22-23H,5-8H2,(H,20,21,25). The number of anilines is 1. The zero-order chi connectivity index (χ0) is 19.7. The molecule has 0 radical (unpaired) electrons. The molecular formula is C18H20FN5O3S. The van der Waals surface area contributed by atoms with Gasteiger partial charge in [-0.3, -0.25) is 20.3 Å². The molecule has 1 saturated heterocycles. The van der Waals surface area contributed by atoms with Gasteiger partial charge in [-0.1, -0.05) is 12.1 Å². The Morgan fingerprint density at radius 2 is 2.11 bits per heavy atom. The molecule has 0 spiro atoms. The number of halogens is 1. The van der Waals surface area contributed by atoms with E-state index in [1.807, 2.05) is 0 Å². The van der Waals surface area contributed by atoms with E-state index in [-0.39, 0.29) is 28.6 Å². The molecule has 2 heterocycles. The maximum atomic E-state index is 13.0. The van der Waals surface area contributed by atoms with E-state index < -0.39 is 12.1 Å². The normalized spacial score (nSPS) is 26.6. The third-order valence-corrected chi connectivity index (χ3v) is 6.29. The van der Waals surface area contributed by atoms with Gasteiger partial charge in [-0.25, -0.2) is 14.8 Å². The van der Waals surface area contributed by atoms with Gasteiger partial charge in [0.2, 0.25) is 11.9 Å². The van der Waals surface area contributed by atoms with Gasteiger partial charge in [-0.2, -0.15) is 0 Å². The van der Waals surface area contributed by atoms with Gasteiger partial charge in [0.25, 0.3) is 0 Å². The van der Waals surface area contributed by atoms with Crippen LogP contribution in [0.15, 0.2) is 30.5 Å². The number of thiazole rings is 1. The summed E-state index contributed by atoms with van der Waals surface area (Å²) < 4.78 is 13.0. The molecule has 1 aromatic heterocycles. The average molecular weight is 405 g/mol. The average Bonchev–Trinajstić information content (AvgIpc) is 3.29. The number of hydrogen-bond acceptors (Lipinski definition) is 7. The third-order valence-electron chi connectivity index (χ3n) is 5.38. The monoisotopic (exact) mass is 405 g/mol. The summed E-state index contributed by atoms with van der Waals surface area (Å²) in [5.74, 6) is -0.645. The molecule has 1 aliphatic heterocycles. The number of carbonyl (C=O) groups excluding carboxylic acids is 1. The number of hydrazine groups is 1. The minimum absolute atomic E-state index is 0.0669. The van der Waals surface area contributed by atoms with Crippen molar-refractivity contribution in [1.82, 2.24) is 15.8 Å². The summed E-state index contributed by atoms with van der Waals surface area (Å²) in [6.07, 6.45) is 3.87. The summed E-state index contributed by atoms with van der Waals surface area (Å²) in [4.78, 5) is 28.8. The van der Waals surface area contributed by atoms with Crippen LogP contribution in [0.25, 0.3) is 0 Å². The van der Waals surface area contributed by atoms with E-state index in [4.69, 9.17) is 0 Å². The molecule has 3 N–H and O–H groups in total. The summed E-state index contributed by atoms with van der Waals surface area (Å²) in [7, 11) is 0. The van der Waals surface area contributed by atoms with Crippen molar-refractivity contribution in [2.24, 2.45) is 5.92 Å². The number of nitro groups is 1. The zero-order valence-electron chi connectivity index (χ0n) is 14.9. The molecule has 4 unspecified atom stereocenters. The Balaban J connectivity index is 1.38. The van der Waals surface area contributed by atoms with Crippen LogP contribution in [0.3, 0.4) is 0 Å². The highest BCUT2D eigenvalue weighted by molar-refractivity contribution is 7.15. The van der Waals surface area contributed by atoms with E-state index >= 15 is 0 Å². The van der Waals surface area contributed by atoms with Gasteiger partial charge in [0.15, 0.2) is 5.13 Å². The number of fused-ring (bicyclic) bond motifs is 1. The molecule has 2 aromatic rings. The van der Waals surface area contributed by atoms with E-state index in [1.165, 1.54) is 23.5 Å². The minimum Gasteiger partial charge on any atom is -0.301 e. The van der Waals surface area contributed by atoms with Gasteiger partial charge in [0, 0.05) is 47.2 Å². The first-order valence-electron chi connectivity index (χ1n) is 9.14. The van der Waals surface area contributed by atoms with E-state index in [1.54, 1.807) is 18.3 Å². The highest BCUT2D eigenvalue weighted by Gasteiger charge is 2.46. The fourth-order valence-corrected chi connectivity index (χ4v) is 4.77. The lowest BCUT2D eigenvalue weighted by Gasteiger charge is -2.28. The van der Waals surface area contributed by atoms with Crippen LogP contribution in [0, 0.1) is 21.8 Å². The van der Waals surface area contributed by atoms with Crippen LogP contribution in [0.1, 0.15) is 29.7 Å². The summed E-state index contributed by atoms with van der Waals surface area (Å²) in [5.41, 5.74) is 7.04. The largest absolute Gasteiger partial charge is 0.301 e. The molecule has 10 heteroatoms. The molecule has 1 amide bonds. The lowest BCUT2D eigenvalue weighted by molar-refractivity contribution is -0.528. The van der Waals surface area contributed by atoms with Crippen LogP contribution < -0.4 is 16.2 Å². The summed E-state index contributed by atoms with van der Waals surface area (Å²) in [5, 5.41) is 14.4. The van der Waals surface area contributed by atoms with Crippen LogP contribution in [-0.4, -0.2) is 33.9 Å². The maximum absolute atomic E-state index is 13.0. The Morgan fingerprint density at radius 3 is 2.86 bits per heavy atom. The fourth-order valence-electron chi connectivity index (χ4n) is 3.92. The molecule has 148 valence electrons. The van der Waals surface area contributed by atoms with Crippen molar-refractivity contribution in [3.05, 3.63) is 56.8 Å². The summed E-state index contributed by atoms with van der Waals surface area (Å²) in [6, 6.07) is 5.20. The highest BCUT2D eigenvalue weighted by atomic mass is 32.1. The van der Waals surface area contributed by atoms with Crippen LogP contribution in [0.5, 0.6) is 0 Å². The highest BCUT2D eigenvalue weighted by Crippen LogP contribution is 2.32. The van der Waals surface area contributed by atoms with Crippen molar-refractivity contribution in [3.8, 4) is 0 Å². The summed E-state index contributed by atoms with van der Waals surface area (Å²) in [6.45, 7) is 0. The van der Waals surface area contributed by atoms with E-state index in [2.05, 4.69) is 21.2 Å². The predicted octanol–water partition coefficient (Wildman–Crippen LogP) is 2.10. The van der Waals surface area contributed by atoms with Crippen LogP contribution in [0.4, 0.5) is 9.52 Å². The lowest BCUT2D eigenvalue weighted by Crippen LogP contribution is -2.44. The molecule has 0 bridgehead atoms. The number of hydrogen-bond donors (Lipinski definition) is 3. The number of carbonyl (C=O) groups is 1. The zero-order valence-corrected chi connectivity index (χ0v) is 15.7. The SMILES string of the molecule is O=C(Nc1ncc(Cc2ccc(F)cc2)s1)C1NNC2CCC([N+](=O)[O-])CC21. The predicted molar refractivity (Wildman–Crippen MR) is 102 cm³/mol. The molecule has 4 rings (SSSR count). The smallest absolute Gasteiger partial charge is 0.244 e. The van der Waals surface area contributed by atoms with Crippen LogP contribution in [-0.2, 0) is 11.2 Å². The van der Waals surface area contributed by atoms with Crippen LogP contribution in [0.2, 0.25) is 0 Å². The number of nitrogens with one attached hydrogen (secondary N) is 3. The fraction of sp³-hybridized carbons (Fsp3) is 0.444. The van der Waals surface area contributed by atoms with Crippen molar-refractivity contribution in [2.45, 2.75) is 43.8 Å². The van der Waals surface area contributed by atoms with E-state index in [0.29, 0.717) is 30.8 Å². The molecule has 1 aliphatic carbocycles. The van der Waals surface area contributed by atoms with Crippen molar-refractivity contribution >= 4 is 22.4 Å². The molecule has 4 atom stereocenters. The second kappa shape index (κ2) is 7.90. The topological polar surface area (TPSA) is 109 Å². The molecule has 2 aliphatic rings. The maximum Gasteiger partial charge on any atom is 0.244 e. The first kappa shape index (κ1) is 18.9. The molecule has 28 heavy (non-hydrogen) atoms.